The number of benzene rings is 1. The zero-order chi connectivity index (χ0) is 19.3. The van der Waals surface area contributed by atoms with Crippen molar-refractivity contribution < 1.29 is 18.3 Å². The SMILES string of the molecule is CCOP(=O)(CO[C@H](C)Cn1cnc2c(N)ncnc21)Oc1ccccc1. The van der Waals surface area contributed by atoms with Crippen molar-refractivity contribution in [2.24, 2.45) is 0 Å². The fourth-order valence-corrected chi connectivity index (χ4v) is 3.96. The average Bonchev–Trinajstić information content (AvgIpc) is 3.05. The molecule has 0 bridgehead atoms. The number of aromatic nitrogens is 4. The Bertz CT molecular complexity index is 933. The van der Waals surface area contributed by atoms with Crippen LogP contribution in [0.5, 0.6) is 5.75 Å². The van der Waals surface area contributed by atoms with Crippen molar-refractivity contribution in [3.63, 3.8) is 0 Å². The molecule has 2 aromatic heterocycles. The zero-order valence-electron chi connectivity index (χ0n) is 15.2. The summed E-state index contributed by atoms with van der Waals surface area (Å²) >= 11 is 0. The van der Waals surface area contributed by atoms with Gasteiger partial charge in [0.25, 0.3) is 0 Å². The molecule has 27 heavy (non-hydrogen) atoms. The molecule has 2 atom stereocenters. The smallest absolute Gasteiger partial charge is 0.404 e. The van der Waals surface area contributed by atoms with Gasteiger partial charge in [-0.05, 0) is 26.0 Å². The quantitative estimate of drug-likeness (QED) is 0.554. The van der Waals surface area contributed by atoms with Gasteiger partial charge in [-0.25, -0.2) is 19.5 Å². The first-order valence-corrected chi connectivity index (χ1v) is 10.2. The van der Waals surface area contributed by atoms with Crippen LogP contribution in [-0.4, -0.2) is 38.6 Å². The van der Waals surface area contributed by atoms with Gasteiger partial charge in [0.15, 0.2) is 17.8 Å². The van der Waals surface area contributed by atoms with E-state index in [0.717, 1.165) is 0 Å². The van der Waals surface area contributed by atoms with Crippen LogP contribution in [0.3, 0.4) is 0 Å². The Balaban J connectivity index is 1.64. The summed E-state index contributed by atoms with van der Waals surface area (Å²) in [4.78, 5) is 12.3. The van der Waals surface area contributed by atoms with Crippen molar-refractivity contribution >= 4 is 24.6 Å². The summed E-state index contributed by atoms with van der Waals surface area (Å²) in [6, 6.07) is 8.89. The Hall–Kier alpha value is -2.48. The predicted octanol–water partition coefficient (Wildman–Crippen LogP) is 3.08. The van der Waals surface area contributed by atoms with Crippen LogP contribution in [-0.2, 0) is 20.4 Å². The summed E-state index contributed by atoms with van der Waals surface area (Å²) in [5.74, 6) is 0.794. The lowest BCUT2D eigenvalue weighted by molar-refractivity contribution is 0.0734. The second-order valence-corrected chi connectivity index (χ2v) is 7.79. The largest absolute Gasteiger partial charge is 0.423 e. The minimum absolute atomic E-state index is 0.166. The Morgan fingerprint density at radius 2 is 2.00 bits per heavy atom. The topological polar surface area (TPSA) is 114 Å². The molecule has 10 heteroatoms. The molecule has 0 aliphatic rings. The van der Waals surface area contributed by atoms with Crippen LogP contribution in [0.4, 0.5) is 5.82 Å². The minimum atomic E-state index is -3.43. The molecule has 0 aliphatic carbocycles. The van der Waals surface area contributed by atoms with Crippen molar-refractivity contribution in [2.45, 2.75) is 26.5 Å². The minimum Gasteiger partial charge on any atom is -0.423 e. The Labute approximate surface area is 157 Å². The van der Waals surface area contributed by atoms with E-state index in [1.165, 1.54) is 6.33 Å². The van der Waals surface area contributed by atoms with Crippen LogP contribution in [0.2, 0.25) is 0 Å². The van der Waals surface area contributed by atoms with Gasteiger partial charge >= 0.3 is 7.60 Å². The Morgan fingerprint density at radius 3 is 2.74 bits per heavy atom. The molecule has 0 saturated carbocycles. The van der Waals surface area contributed by atoms with Crippen LogP contribution in [0.25, 0.3) is 11.2 Å². The van der Waals surface area contributed by atoms with Crippen LogP contribution in [0.1, 0.15) is 13.8 Å². The van der Waals surface area contributed by atoms with Gasteiger partial charge in [-0.15, -0.1) is 0 Å². The highest BCUT2D eigenvalue weighted by molar-refractivity contribution is 7.54. The molecule has 144 valence electrons. The maximum atomic E-state index is 12.9. The molecule has 0 aliphatic heterocycles. The Morgan fingerprint density at radius 1 is 1.22 bits per heavy atom. The van der Waals surface area contributed by atoms with E-state index in [9.17, 15) is 4.57 Å². The van der Waals surface area contributed by atoms with E-state index in [4.69, 9.17) is 19.5 Å². The first-order chi connectivity index (χ1) is 13.0. The van der Waals surface area contributed by atoms with E-state index in [1.54, 1.807) is 37.5 Å². The third-order valence-corrected chi connectivity index (χ3v) is 5.32. The summed E-state index contributed by atoms with van der Waals surface area (Å²) in [6.07, 6.45) is 2.56. The van der Waals surface area contributed by atoms with E-state index in [2.05, 4.69) is 15.0 Å². The number of nitrogens with zero attached hydrogens (tertiary/aromatic N) is 4. The number of hydrogen-bond donors (Lipinski definition) is 1. The standard InChI is InChI=1S/C17H22N5O4P/c1-3-25-27(23,26-14-7-5-4-6-8-14)12-24-13(2)9-22-11-21-15-16(18)19-10-20-17(15)22/h4-8,10-11,13H,3,9,12H2,1-2H3,(H2,18,19,20)/t13-,27?/m1/s1. The van der Waals surface area contributed by atoms with Gasteiger partial charge in [0.05, 0.1) is 25.6 Å². The van der Waals surface area contributed by atoms with Crippen LogP contribution >= 0.6 is 7.60 Å². The lowest BCUT2D eigenvalue weighted by Crippen LogP contribution is -2.18. The summed E-state index contributed by atoms with van der Waals surface area (Å²) in [6.45, 7) is 4.32. The number of anilines is 1. The van der Waals surface area contributed by atoms with Crippen molar-refractivity contribution in [1.29, 1.82) is 0 Å². The maximum absolute atomic E-state index is 12.9. The highest BCUT2D eigenvalue weighted by atomic mass is 31.2. The van der Waals surface area contributed by atoms with Crippen LogP contribution in [0.15, 0.2) is 43.0 Å². The van der Waals surface area contributed by atoms with Crippen LogP contribution in [0, 0.1) is 0 Å². The third-order valence-electron chi connectivity index (χ3n) is 3.71. The number of rotatable bonds is 9. The maximum Gasteiger partial charge on any atom is 0.404 e. The first kappa shape index (κ1) is 19.3. The number of nitrogens with two attached hydrogens (primary N) is 1. The van der Waals surface area contributed by atoms with Crippen molar-refractivity contribution in [2.75, 3.05) is 18.7 Å². The molecule has 3 aromatic rings. The van der Waals surface area contributed by atoms with E-state index < -0.39 is 7.60 Å². The molecule has 2 N–H and O–H groups in total. The van der Waals surface area contributed by atoms with Gasteiger partial charge < -0.3 is 19.6 Å². The molecule has 9 nitrogen and oxygen atoms in total. The molecule has 1 aromatic carbocycles. The molecular weight excluding hydrogens is 369 g/mol. The second-order valence-electron chi connectivity index (χ2n) is 5.87. The highest BCUT2D eigenvalue weighted by Crippen LogP contribution is 2.48. The summed E-state index contributed by atoms with van der Waals surface area (Å²) < 4.78 is 31.4. The lowest BCUT2D eigenvalue weighted by Gasteiger charge is -2.21. The zero-order valence-corrected chi connectivity index (χ0v) is 16.1. The molecule has 0 radical (unpaired) electrons. The number of imidazole rings is 1. The fourth-order valence-electron chi connectivity index (χ4n) is 2.51. The number of nitrogen functional groups attached to an aromatic ring is 1. The molecule has 0 spiro atoms. The average molecular weight is 391 g/mol. The summed E-state index contributed by atoms with van der Waals surface area (Å²) in [5.41, 5.74) is 6.95. The molecule has 0 saturated heterocycles. The van der Waals surface area contributed by atoms with Gasteiger partial charge in [0.1, 0.15) is 17.6 Å². The summed E-state index contributed by atoms with van der Waals surface area (Å²) in [7, 11) is -3.43. The van der Waals surface area contributed by atoms with Gasteiger partial charge in [-0.3, -0.25) is 4.52 Å². The van der Waals surface area contributed by atoms with Crippen molar-refractivity contribution in [1.82, 2.24) is 19.5 Å². The normalized spacial score (nSPS) is 14.7. The van der Waals surface area contributed by atoms with Gasteiger partial charge in [0, 0.05) is 0 Å². The third kappa shape index (κ3) is 4.82. The van der Waals surface area contributed by atoms with E-state index in [-0.39, 0.29) is 19.1 Å². The van der Waals surface area contributed by atoms with E-state index >= 15 is 0 Å². The molecule has 3 rings (SSSR count). The fraction of sp³-hybridized carbons (Fsp3) is 0.353. The van der Waals surface area contributed by atoms with Crippen molar-refractivity contribution in [3.8, 4) is 5.75 Å². The summed E-state index contributed by atoms with van der Waals surface area (Å²) in [5, 5.41) is 0. The first-order valence-electron chi connectivity index (χ1n) is 8.52. The van der Waals surface area contributed by atoms with Gasteiger partial charge in [-0.1, -0.05) is 18.2 Å². The molecule has 0 fully saturated rings. The highest BCUT2D eigenvalue weighted by Gasteiger charge is 2.27. The monoisotopic (exact) mass is 391 g/mol. The lowest BCUT2D eigenvalue weighted by atomic mass is 10.3. The van der Waals surface area contributed by atoms with Gasteiger partial charge in [0.2, 0.25) is 0 Å². The van der Waals surface area contributed by atoms with Crippen molar-refractivity contribution in [3.05, 3.63) is 43.0 Å². The molecular formula is C17H22N5O4P. The van der Waals surface area contributed by atoms with E-state index in [0.29, 0.717) is 29.3 Å². The molecule has 0 amide bonds. The van der Waals surface area contributed by atoms with Gasteiger partial charge in [-0.2, -0.15) is 0 Å². The second kappa shape index (κ2) is 8.47. The van der Waals surface area contributed by atoms with Crippen LogP contribution < -0.4 is 10.3 Å². The predicted molar refractivity (Wildman–Crippen MR) is 101 cm³/mol. The molecule has 1 unspecified atom stereocenters. The van der Waals surface area contributed by atoms with E-state index in [1.807, 2.05) is 17.6 Å². The Kier molecular flexibility index (Phi) is 6.05. The number of hydrogen-bond acceptors (Lipinski definition) is 8. The molecule has 2 heterocycles. The number of ether oxygens (including phenoxy) is 1. The number of para-hydroxylation sites is 1. The number of fused-ring (bicyclic) bond motifs is 1.